The molecule has 0 atom stereocenters. The van der Waals surface area contributed by atoms with E-state index in [1.54, 1.807) is 4.31 Å². The maximum absolute atomic E-state index is 12.2. The first-order chi connectivity index (χ1) is 7.60. The van der Waals surface area contributed by atoms with Crippen molar-refractivity contribution in [2.75, 3.05) is 18.2 Å². The Kier molecular flexibility index (Phi) is 7.04. The van der Waals surface area contributed by atoms with Crippen molar-refractivity contribution in [2.45, 2.75) is 53.5 Å². The minimum absolute atomic E-state index is 0.00295. The van der Waals surface area contributed by atoms with Gasteiger partial charge in [0.1, 0.15) is 0 Å². The van der Waals surface area contributed by atoms with E-state index in [1.807, 2.05) is 13.8 Å². The van der Waals surface area contributed by atoms with Gasteiger partial charge in [0.15, 0.2) is 0 Å². The minimum atomic E-state index is -3.15. The van der Waals surface area contributed by atoms with Crippen LogP contribution in [0.5, 0.6) is 0 Å². The fourth-order valence-corrected chi connectivity index (χ4v) is 3.76. The number of nitrogens with zero attached hydrogens (tertiary/aromatic N) is 1. The van der Waals surface area contributed by atoms with E-state index in [1.165, 1.54) is 0 Å². The van der Waals surface area contributed by atoms with E-state index in [2.05, 4.69) is 20.8 Å². The normalized spacial score (nSPS) is 13.6. The highest BCUT2D eigenvalue weighted by Crippen LogP contribution is 2.21. The number of halogens is 1. The average molecular weight is 284 g/mol. The van der Waals surface area contributed by atoms with E-state index in [0.717, 1.165) is 0 Å². The summed E-state index contributed by atoms with van der Waals surface area (Å²) >= 11 is 5.63. The van der Waals surface area contributed by atoms with Gasteiger partial charge in [-0.15, -0.1) is 11.6 Å². The molecule has 0 bridgehead atoms. The highest BCUT2D eigenvalue weighted by Gasteiger charge is 2.26. The molecule has 5 heteroatoms. The Bertz CT molecular complexity index is 307. The molecule has 0 aromatic heterocycles. The van der Waals surface area contributed by atoms with Crippen LogP contribution in [0.3, 0.4) is 0 Å². The lowest BCUT2D eigenvalue weighted by Crippen LogP contribution is -2.40. The van der Waals surface area contributed by atoms with Crippen molar-refractivity contribution in [3.8, 4) is 0 Å². The molecule has 0 saturated carbocycles. The molecule has 0 unspecified atom stereocenters. The second-order valence-corrected chi connectivity index (χ2v) is 8.29. The van der Waals surface area contributed by atoms with E-state index < -0.39 is 10.0 Å². The van der Waals surface area contributed by atoms with Gasteiger partial charge in [-0.05, 0) is 32.1 Å². The largest absolute Gasteiger partial charge is 0.214 e. The Morgan fingerprint density at radius 3 is 2.12 bits per heavy atom. The van der Waals surface area contributed by atoms with Crippen LogP contribution in [0, 0.1) is 5.41 Å². The lowest BCUT2D eigenvalue weighted by atomic mass is 9.94. The highest BCUT2D eigenvalue weighted by atomic mass is 35.5. The predicted octanol–water partition coefficient (Wildman–Crippen LogP) is 3.09. The number of hydrogen-bond acceptors (Lipinski definition) is 2. The summed E-state index contributed by atoms with van der Waals surface area (Å²) in [6.07, 6.45) is 1.38. The van der Waals surface area contributed by atoms with Crippen LogP contribution in [0.4, 0.5) is 0 Å². The van der Waals surface area contributed by atoms with Crippen molar-refractivity contribution in [3.05, 3.63) is 0 Å². The molecule has 0 spiro atoms. The van der Waals surface area contributed by atoms with E-state index >= 15 is 0 Å². The fourth-order valence-electron chi connectivity index (χ4n) is 1.49. The van der Waals surface area contributed by atoms with Gasteiger partial charge in [0.05, 0.1) is 5.75 Å². The van der Waals surface area contributed by atoms with E-state index in [4.69, 9.17) is 11.6 Å². The summed E-state index contributed by atoms with van der Waals surface area (Å²) in [5, 5.41) is 0. The quantitative estimate of drug-likeness (QED) is 0.673. The fraction of sp³-hybridized carbons (Fsp3) is 1.00. The van der Waals surface area contributed by atoms with E-state index in [-0.39, 0.29) is 17.2 Å². The smallest absolute Gasteiger partial charge is 0.212 e. The third kappa shape index (κ3) is 7.27. The second kappa shape index (κ2) is 6.95. The summed E-state index contributed by atoms with van der Waals surface area (Å²) in [5.74, 6) is 0.717. The SMILES string of the molecule is CC(C)N(CCCCl)S(=O)(=O)CCC(C)(C)C. The van der Waals surface area contributed by atoms with Gasteiger partial charge in [0.2, 0.25) is 10.0 Å². The summed E-state index contributed by atoms with van der Waals surface area (Å²) in [7, 11) is -3.15. The number of alkyl halides is 1. The maximum Gasteiger partial charge on any atom is 0.214 e. The van der Waals surface area contributed by atoms with E-state index in [0.29, 0.717) is 25.3 Å². The maximum atomic E-state index is 12.2. The lowest BCUT2D eigenvalue weighted by Gasteiger charge is -2.27. The zero-order valence-electron chi connectivity index (χ0n) is 11.7. The molecule has 0 N–H and O–H groups in total. The topological polar surface area (TPSA) is 37.4 Å². The van der Waals surface area contributed by atoms with Gasteiger partial charge in [-0.2, -0.15) is 4.31 Å². The van der Waals surface area contributed by atoms with Crippen molar-refractivity contribution < 1.29 is 8.42 Å². The van der Waals surface area contributed by atoms with Gasteiger partial charge in [-0.25, -0.2) is 8.42 Å². The molecule has 0 aromatic carbocycles. The van der Waals surface area contributed by atoms with Gasteiger partial charge in [-0.1, -0.05) is 20.8 Å². The molecular weight excluding hydrogens is 258 g/mol. The predicted molar refractivity (Wildman–Crippen MR) is 75.0 cm³/mol. The molecule has 0 saturated heterocycles. The molecule has 0 radical (unpaired) electrons. The summed E-state index contributed by atoms with van der Waals surface area (Å²) in [6, 6.07) is 0.00295. The van der Waals surface area contributed by atoms with Gasteiger partial charge in [0, 0.05) is 18.5 Å². The molecule has 104 valence electrons. The monoisotopic (exact) mass is 283 g/mol. The van der Waals surface area contributed by atoms with Gasteiger partial charge < -0.3 is 0 Å². The molecule has 0 aliphatic rings. The van der Waals surface area contributed by atoms with Crippen LogP contribution in [0.15, 0.2) is 0 Å². The van der Waals surface area contributed by atoms with Crippen LogP contribution in [-0.4, -0.2) is 36.9 Å². The molecule has 0 aliphatic carbocycles. The van der Waals surface area contributed by atoms with Crippen LogP contribution < -0.4 is 0 Å². The molecule has 0 heterocycles. The summed E-state index contributed by atoms with van der Waals surface area (Å²) in [4.78, 5) is 0. The Balaban J connectivity index is 4.61. The third-order valence-corrected chi connectivity index (χ3v) is 4.86. The second-order valence-electron chi connectivity index (χ2n) is 5.87. The molecule has 3 nitrogen and oxygen atoms in total. The molecular formula is C12H26ClNO2S. The molecule has 17 heavy (non-hydrogen) atoms. The third-order valence-electron chi connectivity index (χ3n) is 2.56. The highest BCUT2D eigenvalue weighted by molar-refractivity contribution is 7.89. The molecule has 0 aromatic rings. The van der Waals surface area contributed by atoms with Crippen molar-refractivity contribution in [1.29, 1.82) is 0 Å². The van der Waals surface area contributed by atoms with Crippen molar-refractivity contribution in [2.24, 2.45) is 5.41 Å². The summed E-state index contributed by atoms with van der Waals surface area (Å²) in [6.45, 7) is 10.5. The van der Waals surface area contributed by atoms with Crippen LogP contribution in [-0.2, 0) is 10.0 Å². The van der Waals surface area contributed by atoms with Gasteiger partial charge >= 0.3 is 0 Å². The minimum Gasteiger partial charge on any atom is -0.212 e. The first-order valence-electron chi connectivity index (χ1n) is 6.15. The number of rotatable bonds is 7. The van der Waals surface area contributed by atoms with Crippen LogP contribution in [0.1, 0.15) is 47.5 Å². The van der Waals surface area contributed by atoms with Crippen LogP contribution >= 0.6 is 11.6 Å². The van der Waals surface area contributed by atoms with Crippen molar-refractivity contribution in [3.63, 3.8) is 0 Å². The lowest BCUT2D eigenvalue weighted by molar-refractivity contribution is 0.344. The first-order valence-corrected chi connectivity index (χ1v) is 8.30. The summed E-state index contributed by atoms with van der Waals surface area (Å²) < 4.78 is 26.0. The Morgan fingerprint density at radius 2 is 1.76 bits per heavy atom. The van der Waals surface area contributed by atoms with Gasteiger partial charge in [0.25, 0.3) is 0 Å². The zero-order chi connectivity index (χ0) is 13.7. The summed E-state index contributed by atoms with van der Waals surface area (Å²) in [5.41, 5.74) is 0.0439. The molecule has 0 fully saturated rings. The standard InChI is InChI=1S/C12H26ClNO2S/c1-11(2)14(9-6-8-13)17(15,16)10-7-12(3,4)5/h11H,6-10H2,1-5H3. The molecule has 0 aliphatic heterocycles. The Labute approximate surface area is 112 Å². The Hall–Kier alpha value is 0.200. The number of sulfonamides is 1. The number of hydrogen-bond donors (Lipinski definition) is 0. The van der Waals surface area contributed by atoms with E-state index in [9.17, 15) is 8.42 Å². The van der Waals surface area contributed by atoms with Crippen LogP contribution in [0.2, 0.25) is 0 Å². The molecule has 0 amide bonds. The van der Waals surface area contributed by atoms with Gasteiger partial charge in [-0.3, -0.25) is 0 Å². The van der Waals surface area contributed by atoms with Crippen LogP contribution in [0.25, 0.3) is 0 Å². The first kappa shape index (κ1) is 17.2. The zero-order valence-corrected chi connectivity index (χ0v) is 13.2. The molecule has 0 rings (SSSR count). The van der Waals surface area contributed by atoms with Crippen molar-refractivity contribution >= 4 is 21.6 Å². The van der Waals surface area contributed by atoms with Crippen molar-refractivity contribution in [1.82, 2.24) is 4.31 Å². The Morgan fingerprint density at radius 1 is 1.24 bits per heavy atom. The average Bonchev–Trinajstić information content (AvgIpc) is 2.14.